The molecule has 1 fully saturated rings. The highest BCUT2D eigenvalue weighted by atomic mass is 35.5. The van der Waals surface area contributed by atoms with Crippen LogP contribution in [0.5, 0.6) is 0 Å². The molecule has 6 heteroatoms. The van der Waals surface area contributed by atoms with Gasteiger partial charge in [0.1, 0.15) is 0 Å². The van der Waals surface area contributed by atoms with Crippen molar-refractivity contribution in [2.24, 2.45) is 5.92 Å². The Bertz CT molecular complexity index is 489. The fourth-order valence-electron chi connectivity index (χ4n) is 1.98. The van der Waals surface area contributed by atoms with Crippen LogP contribution in [0.4, 0.5) is 5.69 Å². The number of hydrogen-bond donors (Lipinski definition) is 3. The van der Waals surface area contributed by atoms with E-state index in [-0.39, 0.29) is 36.2 Å². The monoisotopic (exact) mass is 297 g/mol. The number of carbonyl (C=O) groups excluding carboxylic acids is 2. The molecule has 0 spiro atoms. The lowest BCUT2D eigenvalue weighted by Crippen LogP contribution is -2.51. The smallest absolute Gasteiger partial charge is 0.226 e. The van der Waals surface area contributed by atoms with Crippen LogP contribution >= 0.6 is 12.4 Å². The fraction of sp³-hybridized carbons (Fsp3) is 0.429. The molecule has 1 aromatic rings. The molecule has 1 unspecified atom stereocenters. The Morgan fingerprint density at radius 2 is 2.05 bits per heavy atom. The average molecular weight is 298 g/mol. The molecule has 1 atom stereocenters. The minimum Gasteiger partial charge on any atom is -0.349 e. The van der Waals surface area contributed by atoms with Gasteiger partial charge in [-0.05, 0) is 24.6 Å². The Hall–Kier alpha value is -1.59. The molecule has 2 amide bonds. The normalized spacial score (nSPS) is 15.5. The molecule has 1 heterocycles. The highest BCUT2D eigenvalue weighted by Gasteiger charge is 2.25. The summed E-state index contributed by atoms with van der Waals surface area (Å²) in [6.45, 7) is 4.92. The van der Waals surface area contributed by atoms with Gasteiger partial charge in [0.05, 0.1) is 12.0 Å². The lowest BCUT2D eigenvalue weighted by atomic mass is 10.0. The van der Waals surface area contributed by atoms with E-state index in [0.717, 1.165) is 24.3 Å². The standard InChI is InChI=1S/C14H19N3O2.ClH/c1-9(16-14(19)12-7-15-8-12)11-4-3-5-13(6-11)17-10(2)18;/h3-6,9,12,15H,7-8H2,1-2H3,(H,16,19)(H,17,18);1H. The van der Waals surface area contributed by atoms with Gasteiger partial charge in [-0.1, -0.05) is 12.1 Å². The molecule has 3 N–H and O–H groups in total. The van der Waals surface area contributed by atoms with Crippen molar-refractivity contribution >= 4 is 29.9 Å². The van der Waals surface area contributed by atoms with Gasteiger partial charge in [0.2, 0.25) is 11.8 Å². The Morgan fingerprint density at radius 1 is 1.35 bits per heavy atom. The second kappa shape index (κ2) is 7.26. The van der Waals surface area contributed by atoms with Crippen molar-refractivity contribution in [3.05, 3.63) is 29.8 Å². The van der Waals surface area contributed by atoms with E-state index in [4.69, 9.17) is 0 Å². The van der Waals surface area contributed by atoms with Crippen LogP contribution in [0.1, 0.15) is 25.5 Å². The van der Waals surface area contributed by atoms with Gasteiger partial charge >= 0.3 is 0 Å². The van der Waals surface area contributed by atoms with Crippen LogP contribution in [0.2, 0.25) is 0 Å². The maximum absolute atomic E-state index is 11.9. The van der Waals surface area contributed by atoms with Gasteiger partial charge in [0.25, 0.3) is 0 Å². The topological polar surface area (TPSA) is 70.2 Å². The SMILES string of the molecule is CC(=O)Nc1cccc(C(C)NC(=O)C2CNC2)c1.Cl. The van der Waals surface area contributed by atoms with Crippen molar-refractivity contribution in [2.75, 3.05) is 18.4 Å². The first-order chi connectivity index (χ1) is 9.06. The van der Waals surface area contributed by atoms with E-state index >= 15 is 0 Å². The first kappa shape index (κ1) is 16.5. The number of halogens is 1. The molecule has 1 aliphatic heterocycles. The summed E-state index contributed by atoms with van der Waals surface area (Å²) in [5, 5.41) is 8.80. The third-order valence-corrected chi connectivity index (χ3v) is 3.22. The Labute approximate surface area is 124 Å². The number of rotatable bonds is 4. The number of amides is 2. The fourth-order valence-corrected chi connectivity index (χ4v) is 1.98. The molecule has 0 radical (unpaired) electrons. The predicted molar refractivity (Wildman–Crippen MR) is 80.9 cm³/mol. The second-order valence-electron chi connectivity index (χ2n) is 4.89. The average Bonchev–Trinajstić information content (AvgIpc) is 2.25. The maximum Gasteiger partial charge on any atom is 0.226 e. The van der Waals surface area contributed by atoms with Crippen LogP contribution < -0.4 is 16.0 Å². The molecule has 110 valence electrons. The number of benzene rings is 1. The molecule has 1 saturated heterocycles. The van der Waals surface area contributed by atoms with Gasteiger partial charge in [0, 0.05) is 25.7 Å². The zero-order chi connectivity index (χ0) is 13.8. The van der Waals surface area contributed by atoms with E-state index in [1.807, 2.05) is 31.2 Å². The summed E-state index contributed by atoms with van der Waals surface area (Å²) in [7, 11) is 0. The van der Waals surface area contributed by atoms with Gasteiger partial charge in [-0.2, -0.15) is 0 Å². The summed E-state index contributed by atoms with van der Waals surface area (Å²) < 4.78 is 0. The van der Waals surface area contributed by atoms with Crippen molar-refractivity contribution in [3.63, 3.8) is 0 Å². The zero-order valence-corrected chi connectivity index (χ0v) is 12.4. The van der Waals surface area contributed by atoms with E-state index < -0.39 is 0 Å². The molecule has 0 aromatic heterocycles. The van der Waals surface area contributed by atoms with Crippen LogP contribution in [0, 0.1) is 5.92 Å². The lowest BCUT2D eigenvalue weighted by molar-refractivity contribution is -0.127. The number of hydrogen-bond acceptors (Lipinski definition) is 3. The van der Waals surface area contributed by atoms with E-state index in [9.17, 15) is 9.59 Å². The molecule has 0 bridgehead atoms. The van der Waals surface area contributed by atoms with Crippen LogP contribution in [0.25, 0.3) is 0 Å². The molecule has 5 nitrogen and oxygen atoms in total. The summed E-state index contributed by atoms with van der Waals surface area (Å²) in [6.07, 6.45) is 0. The molecule has 0 saturated carbocycles. The van der Waals surface area contributed by atoms with E-state index in [2.05, 4.69) is 16.0 Å². The van der Waals surface area contributed by atoms with Gasteiger partial charge in [0.15, 0.2) is 0 Å². The van der Waals surface area contributed by atoms with E-state index in [1.165, 1.54) is 6.92 Å². The van der Waals surface area contributed by atoms with Crippen molar-refractivity contribution < 1.29 is 9.59 Å². The Balaban J connectivity index is 0.00000200. The van der Waals surface area contributed by atoms with Gasteiger partial charge in [-0.25, -0.2) is 0 Å². The summed E-state index contributed by atoms with van der Waals surface area (Å²) in [4.78, 5) is 22.9. The number of anilines is 1. The lowest BCUT2D eigenvalue weighted by Gasteiger charge is -2.27. The molecular weight excluding hydrogens is 278 g/mol. The molecule has 1 aliphatic rings. The van der Waals surface area contributed by atoms with Crippen LogP contribution in [-0.2, 0) is 9.59 Å². The summed E-state index contributed by atoms with van der Waals surface area (Å²) in [6, 6.07) is 7.45. The number of carbonyl (C=O) groups is 2. The third kappa shape index (κ3) is 4.21. The third-order valence-electron chi connectivity index (χ3n) is 3.22. The van der Waals surface area contributed by atoms with E-state index in [1.54, 1.807) is 0 Å². The maximum atomic E-state index is 11.9. The molecule has 0 aliphatic carbocycles. The van der Waals surface area contributed by atoms with Crippen molar-refractivity contribution in [1.82, 2.24) is 10.6 Å². The van der Waals surface area contributed by atoms with Crippen molar-refractivity contribution in [3.8, 4) is 0 Å². The quantitative estimate of drug-likeness (QED) is 0.788. The molecule has 20 heavy (non-hydrogen) atoms. The highest BCUT2D eigenvalue weighted by Crippen LogP contribution is 2.18. The largest absolute Gasteiger partial charge is 0.349 e. The van der Waals surface area contributed by atoms with Crippen LogP contribution in [-0.4, -0.2) is 24.9 Å². The predicted octanol–water partition coefficient (Wildman–Crippen LogP) is 1.46. The summed E-state index contributed by atoms with van der Waals surface area (Å²) in [5.41, 5.74) is 1.73. The minimum absolute atomic E-state index is 0. The zero-order valence-electron chi connectivity index (χ0n) is 11.6. The number of nitrogens with one attached hydrogen (secondary N) is 3. The van der Waals surface area contributed by atoms with Crippen LogP contribution in [0.3, 0.4) is 0 Å². The molecule has 2 rings (SSSR count). The van der Waals surface area contributed by atoms with Crippen molar-refractivity contribution in [1.29, 1.82) is 0 Å². The van der Waals surface area contributed by atoms with E-state index in [0.29, 0.717) is 0 Å². The second-order valence-corrected chi connectivity index (χ2v) is 4.89. The summed E-state index contributed by atoms with van der Waals surface area (Å²) >= 11 is 0. The summed E-state index contributed by atoms with van der Waals surface area (Å²) in [5.74, 6) is 0.0616. The van der Waals surface area contributed by atoms with Crippen molar-refractivity contribution in [2.45, 2.75) is 19.9 Å². The van der Waals surface area contributed by atoms with Gasteiger partial charge in [-0.3, -0.25) is 9.59 Å². The first-order valence-corrected chi connectivity index (χ1v) is 6.45. The molecule has 1 aromatic carbocycles. The Morgan fingerprint density at radius 3 is 2.60 bits per heavy atom. The van der Waals surface area contributed by atoms with Gasteiger partial charge in [-0.15, -0.1) is 12.4 Å². The Kier molecular flexibility index (Phi) is 5.98. The van der Waals surface area contributed by atoms with Crippen LogP contribution in [0.15, 0.2) is 24.3 Å². The van der Waals surface area contributed by atoms with Gasteiger partial charge < -0.3 is 16.0 Å². The molecular formula is C14H20ClN3O2. The first-order valence-electron chi connectivity index (χ1n) is 6.45. The minimum atomic E-state index is -0.102. The highest BCUT2D eigenvalue weighted by molar-refractivity contribution is 5.88.